The number of anilines is 1. The van der Waals surface area contributed by atoms with Gasteiger partial charge in [0.25, 0.3) is 5.91 Å². The Kier molecular flexibility index (Phi) is 5.88. The van der Waals surface area contributed by atoms with Crippen molar-refractivity contribution in [2.45, 2.75) is 11.1 Å². The van der Waals surface area contributed by atoms with Crippen molar-refractivity contribution in [3.8, 4) is 0 Å². The third-order valence-corrected chi connectivity index (χ3v) is 5.65. The van der Waals surface area contributed by atoms with Gasteiger partial charge >= 0.3 is 0 Å². The van der Waals surface area contributed by atoms with Gasteiger partial charge in [-0.1, -0.05) is 24.3 Å². The number of nitrogens with one attached hydrogen (secondary N) is 2. The SMILES string of the molecule is NS(=O)(=O)c1ccc(NC(NC(=O)c2ccccc2)C(=O)c2cccs2)cc1. The second kappa shape index (κ2) is 8.34. The van der Waals surface area contributed by atoms with Crippen LogP contribution in [-0.2, 0) is 10.0 Å². The van der Waals surface area contributed by atoms with Gasteiger partial charge in [-0.2, -0.15) is 0 Å². The third-order valence-electron chi connectivity index (χ3n) is 3.83. The van der Waals surface area contributed by atoms with Gasteiger partial charge < -0.3 is 10.6 Å². The van der Waals surface area contributed by atoms with E-state index in [1.54, 1.807) is 47.8 Å². The largest absolute Gasteiger partial charge is 0.359 e. The molecule has 0 bridgehead atoms. The number of rotatable bonds is 7. The van der Waals surface area contributed by atoms with E-state index < -0.39 is 22.1 Å². The van der Waals surface area contributed by atoms with Crippen molar-refractivity contribution in [2.75, 3.05) is 5.32 Å². The van der Waals surface area contributed by atoms with E-state index in [1.165, 1.54) is 35.6 Å². The molecule has 0 radical (unpaired) electrons. The number of benzene rings is 2. The smallest absolute Gasteiger partial charge is 0.253 e. The maximum atomic E-state index is 12.8. The summed E-state index contributed by atoms with van der Waals surface area (Å²) >= 11 is 1.26. The van der Waals surface area contributed by atoms with Gasteiger partial charge in [-0.05, 0) is 47.8 Å². The fourth-order valence-corrected chi connectivity index (χ4v) is 3.65. The first-order valence-electron chi connectivity index (χ1n) is 8.17. The van der Waals surface area contributed by atoms with Crippen molar-refractivity contribution < 1.29 is 18.0 Å². The van der Waals surface area contributed by atoms with Crippen molar-refractivity contribution >= 4 is 38.7 Å². The molecule has 4 N–H and O–H groups in total. The van der Waals surface area contributed by atoms with Gasteiger partial charge in [0.1, 0.15) is 0 Å². The van der Waals surface area contributed by atoms with Gasteiger partial charge in [0, 0.05) is 11.3 Å². The molecule has 3 aromatic rings. The topological polar surface area (TPSA) is 118 Å². The summed E-state index contributed by atoms with van der Waals surface area (Å²) in [4.78, 5) is 25.8. The first-order chi connectivity index (χ1) is 13.3. The first kappa shape index (κ1) is 19.7. The van der Waals surface area contributed by atoms with Crippen LogP contribution in [0.5, 0.6) is 0 Å². The minimum absolute atomic E-state index is 0.0486. The molecule has 144 valence electrons. The van der Waals surface area contributed by atoms with E-state index in [0.717, 1.165) is 0 Å². The predicted molar refractivity (Wildman–Crippen MR) is 108 cm³/mol. The Morgan fingerprint density at radius 3 is 2.18 bits per heavy atom. The number of hydrogen-bond acceptors (Lipinski definition) is 6. The van der Waals surface area contributed by atoms with E-state index in [-0.39, 0.29) is 10.7 Å². The summed E-state index contributed by atoms with van der Waals surface area (Å²) in [6.07, 6.45) is -1.04. The van der Waals surface area contributed by atoms with Crippen LogP contribution in [0, 0.1) is 0 Å². The molecule has 0 saturated heterocycles. The molecular formula is C19H17N3O4S2. The molecule has 0 aliphatic heterocycles. The summed E-state index contributed by atoms with van der Waals surface area (Å²) in [6.45, 7) is 0. The van der Waals surface area contributed by atoms with Crippen LogP contribution in [0.25, 0.3) is 0 Å². The van der Waals surface area contributed by atoms with E-state index in [1.807, 2.05) is 0 Å². The lowest BCUT2D eigenvalue weighted by Crippen LogP contribution is -2.46. The lowest BCUT2D eigenvalue weighted by atomic mass is 10.2. The van der Waals surface area contributed by atoms with Crippen LogP contribution in [0.4, 0.5) is 5.69 Å². The van der Waals surface area contributed by atoms with E-state index in [9.17, 15) is 18.0 Å². The summed E-state index contributed by atoms with van der Waals surface area (Å²) in [7, 11) is -3.82. The number of amides is 1. The second-order valence-electron chi connectivity index (χ2n) is 5.83. The number of hydrogen-bond donors (Lipinski definition) is 3. The minimum atomic E-state index is -3.82. The van der Waals surface area contributed by atoms with Crippen LogP contribution >= 0.6 is 11.3 Å². The number of carbonyl (C=O) groups excluding carboxylic acids is 2. The van der Waals surface area contributed by atoms with Gasteiger partial charge in [0.2, 0.25) is 15.8 Å². The molecule has 9 heteroatoms. The van der Waals surface area contributed by atoms with Crippen LogP contribution in [0.1, 0.15) is 20.0 Å². The highest BCUT2D eigenvalue weighted by atomic mass is 32.2. The normalized spacial score (nSPS) is 12.2. The summed E-state index contributed by atoms with van der Waals surface area (Å²) in [5, 5.41) is 12.5. The Morgan fingerprint density at radius 2 is 1.61 bits per heavy atom. The monoisotopic (exact) mass is 415 g/mol. The number of sulfonamides is 1. The number of carbonyl (C=O) groups is 2. The fourth-order valence-electron chi connectivity index (χ4n) is 2.44. The van der Waals surface area contributed by atoms with Crippen LogP contribution < -0.4 is 15.8 Å². The van der Waals surface area contributed by atoms with E-state index in [4.69, 9.17) is 5.14 Å². The number of nitrogens with two attached hydrogens (primary N) is 1. The van der Waals surface area contributed by atoms with Gasteiger partial charge in [-0.15, -0.1) is 11.3 Å². The number of primary sulfonamides is 1. The average molecular weight is 415 g/mol. The summed E-state index contributed by atoms with van der Waals surface area (Å²) in [6, 6.07) is 17.5. The molecule has 1 heterocycles. The van der Waals surface area contributed by atoms with Crippen molar-refractivity contribution in [2.24, 2.45) is 5.14 Å². The van der Waals surface area contributed by atoms with Crippen molar-refractivity contribution in [1.29, 1.82) is 0 Å². The molecular weight excluding hydrogens is 398 g/mol. The van der Waals surface area contributed by atoms with Gasteiger partial charge in [0.15, 0.2) is 6.17 Å². The molecule has 1 amide bonds. The molecule has 2 aromatic carbocycles. The molecule has 1 unspecified atom stereocenters. The zero-order valence-electron chi connectivity index (χ0n) is 14.5. The highest BCUT2D eigenvalue weighted by Gasteiger charge is 2.23. The predicted octanol–water partition coefficient (Wildman–Crippen LogP) is 2.45. The van der Waals surface area contributed by atoms with Crippen LogP contribution in [0.15, 0.2) is 77.0 Å². The van der Waals surface area contributed by atoms with E-state index in [0.29, 0.717) is 16.1 Å². The first-order valence-corrected chi connectivity index (χ1v) is 10.6. The van der Waals surface area contributed by atoms with Gasteiger partial charge in [-0.25, -0.2) is 13.6 Å². The maximum Gasteiger partial charge on any atom is 0.253 e. The van der Waals surface area contributed by atoms with Crippen molar-refractivity contribution in [1.82, 2.24) is 5.32 Å². The molecule has 3 rings (SSSR count). The summed E-state index contributed by atoms with van der Waals surface area (Å²) < 4.78 is 22.8. The molecule has 7 nitrogen and oxygen atoms in total. The Hall–Kier alpha value is -3.01. The molecule has 0 saturated carbocycles. The van der Waals surface area contributed by atoms with Gasteiger partial charge in [0.05, 0.1) is 9.77 Å². The number of Topliss-reactive ketones (excluding diaryl/α,β-unsaturated/α-hetero) is 1. The average Bonchev–Trinajstić information content (AvgIpc) is 3.22. The second-order valence-corrected chi connectivity index (χ2v) is 8.34. The zero-order chi connectivity index (χ0) is 20.1. The van der Waals surface area contributed by atoms with Crippen molar-refractivity contribution in [3.05, 3.63) is 82.6 Å². The Morgan fingerprint density at radius 1 is 0.929 bits per heavy atom. The van der Waals surface area contributed by atoms with Crippen LogP contribution in [-0.4, -0.2) is 26.3 Å². The van der Waals surface area contributed by atoms with E-state index >= 15 is 0 Å². The Labute approximate surface area is 166 Å². The summed E-state index contributed by atoms with van der Waals surface area (Å²) in [5.41, 5.74) is 0.869. The maximum absolute atomic E-state index is 12.8. The fraction of sp³-hybridized carbons (Fsp3) is 0.0526. The number of thiophene rings is 1. The number of ketones is 1. The molecule has 0 fully saturated rings. The van der Waals surface area contributed by atoms with Gasteiger partial charge in [-0.3, -0.25) is 9.59 Å². The van der Waals surface area contributed by atoms with Crippen molar-refractivity contribution in [3.63, 3.8) is 0 Å². The highest BCUT2D eigenvalue weighted by Crippen LogP contribution is 2.17. The third kappa shape index (κ3) is 4.83. The molecule has 1 aromatic heterocycles. The van der Waals surface area contributed by atoms with Crippen LogP contribution in [0.2, 0.25) is 0 Å². The molecule has 0 spiro atoms. The molecule has 28 heavy (non-hydrogen) atoms. The zero-order valence-corrected chi connectivity index (χ0v) is 16.2. The van der Waals surface area contributed by atoms with Crippen LogP contribution in [0.3, 0.4) is 0 Å². The Bertz CT molecular complexity index is 1060. The summed E-state index contributed by atoms with van der Waals surface area (Å²) in [5.74, 6) is -0.723. The highest BCUT2D eigenvalue weighted by molar-refractivity contribution is 7.89. The molecule has 0 aliphatic carbocycles. The lowest BCUT2D eigenvalue weighted by Gasteiger charge is -2.20. The quantitative estimate of drug-likeness (QED) is 0.405. The minimum Gasteiger partial charge on any atom is -0.359 e. The standard InChI is InChI=1S/C19H17N3O4S2/c20-28(25,26)15-10-8-14(9-11-15)21-18(17(23)16-7-4-12-27-16)22-19(24)13-5-2-1-3-6-13/h1-12,18,21H,(H,22,24)(H2,20,25,26). The van der Waals surface area contributed by atoms with E-state index in [2.05, 4.69) is 10.6 Å². The molecule has 0 aliphatic rings. The lowest BCUT2D eigenvalue weighted by molar-refractivity contribution is 0.0871. The molecule has 1 atom stereocenters. The Balaban J connectivity index is 1.84.